The Kier molecular flexibility index (Phi) is 4.16. The second kappa shape index (κ2) is 5.84. The van der Waals surface area contributed by atoms with Crippen LogP contribution in [-0.2, 0) is 6.42 Å². The molecular weight excluding hydrogens is 267 g/mol. The summed E-state index contributed by atoms with van der Waals surface area (Å²) >= 11 is 5.79. The second-order valence-electron chi connectivity index (χ2n) is 4.13. The van der Waals surface area contributed by atoms with Crippen LogP contribution in [0.25, 0.3) is 0 Å². The van der Waals surface area contributed by atoms with Crippen molar-refractivity contribution in [2.45, 2.75) is 19.8 Å². The van der Waals surface area contributed by atoms with Crippen molar-refractivity contribution in [2.24, 2.45) is 0 Å². The number of nitrogens with two attached hydrogens (primary N) is 1. The molecule has 2 rings (SSSR count). The molecule has 0 bridgehead atoms. The molecule has 0 radical (unpaired) electrons. The minimum Gasteiger partial charge on any atom is -0.384 e. The Labute approximate surface area is 115 Å². The highest BCUT2D eigenvalue weighted by Crippen LogP contribution is 2.22. The zero-order valence-electron chi connectivity index (χ0n) is 10.5. The Morgan fingerprint density at radius 1 is 1.26 bits per heavy atom. The molecule has 1 aromatic carbocycles. The molecule has 0 fully saturated rings. The van der Waals surface area contributed by atoms with Crippen molar-refractivity contribution in [1.82, 2.24) is 9.97 Å². The van der Waals surface area contributed by atoms with Crippen LogP contribution in [0.2, 0.25) is 5.02 Å². The van der Waals surface area contributed by atoms with Gasteiger partial charge in [0.05, 0.1) is 0 Å². The molecule has 0 spiro atoms. The molecule has 0 saturated carbocycles. The molecule has 100 valence electrons. The van der Waals surface area contributed by atoms with Gasteiger partial charge in [-0.15, -0.1) is 0 Å². The fourth-order valence-electron chi connectivity index (χ4n) is 1.69. The van der Waals surface area contributed by atoms with E-state index in [0.717, 1.165) is 12.8 Å². The van der Waals surface area contributed by atoms with Crippen molar-refractivity contribution in [3.05, 3.63) is 40.9 Å². The molecule has 1 aromatic heterocycles. The van der Waals surface area contributed by atoms with Crippen LogP contribution in [0.1, 0.15) is 19.2 Å². The highest BCUT2D eigenvalue weighted by Gasteiger charge is 2.04. The predicted octanol–water partition coefficient (Wildman–Crippen LogP) is 3.55. The summed E-state index contributed by atoms with van der Waals surface area (Å²) in [5, 5.41) is 3.29. The van der Waals surface area contributed by atoms with Crippen LogP contribution in [0.3, 0.4) is 0 Å². The fraction of sp³-hybridized carbons (Fsp3) is 0.231. The van der Waals surface area contributed by atoms with Gasteiger partial charge in [-0.3, -0.25) is 0 Å². The van der Waals surface area contributed by atoms with Crippen molar-refractivity contribution >= 4 is 28.9 Å². The predicted molar refractivity (Wildman–Crippen MR) is 75.1 cm³/mol. The Hall–Kier alpha value is -1.88. The summed E-state index contributed by atoms with van der Waals surface area (Å²) in [6, 6.07) is 5.79. The Morgan fingerprint density at radius 2 is 2.05 bits per heavy atom. The smallest absolute Gasteiger partial charge is 0.136 e. The van der Waals surface area contributed by atoms with Crippen LogP contribution in [0.5, 0.6) is 0 Å². The van der Waals surface area contributed by atoms with Gasteiger partial charge in [0.1, 0.15) is 23.3 Å². The van der Waals surface area contributed by atoms with E-state index in [4.69, 9.17) is 17.3 Å². The maximum atomic E-state index is 13.2. The van der Waals surface area contributed by atoms with Crippen LogP contribution in [0.4, 0.5) is 21.7 Å². The second-order valence-corrected chi connectivity index (χ2v) is 4.56. The van der Waals surface area contributed by atoms with Gasteiger partial charge >= 0.3 is 0 Å². The number of rotatable bonds is 4. The normalized spacial score (nSPS) is 10.5. The third-order valence-corrected chi connectivity index (χ3v) is 2.62. The van der Waals surface area contributed by atoms with Crippen LogP contribution < -0.4 is 11.1 Å². The zero-order valence-corrected chi connectivity index (χ0v) is 11.2. The maximum Gasteiger partial charge on any atom is 0.136 e. The van der Waals surface area contributed by atoms with E-state index in [1.165, 1.54) is 12.1 Å². The quantitative estimate of drug-likeness (QED) is 0.899. The summed E-state index contributed by atoms with van der Waals surface area (Å²) in [5.41, 5.74) is 6.23. The molecule has 3 N–H and O–H groups in total. The van der Waals surface area contributed by atoms with E-state index in [2.05, 4.69) is 15.3 Å². The Morgan fingerprint density at radius 3 is 2.74 bits per heavy atom. The van der Waals surface area contributed by atoms with E-state index in [1.807, 2.05) is 6.92 Å². The molecule has 0 aliphatic carbocycles. The van der Waals surface area contributed by atoms with Crippen molar-refractivity contribution < 1.29 is 4.39 Å². The van der Waals surface area contributed by atoms with Gasteiger partial charge in [-0.1, -0.05) is 18.5 Å². The van der Waals surface area contributed by atoms with Gasteiger partial charge in [-0.05, 0) is 24.6 Å². The topological polar surface area (TPSA) is 63.8 Å². The molecule has 6 heteroatoms. The number of hydrogen-bond acceptors (Lipinski definition) is 4. The summed E-state index contributed by atoms with van der Waals surface area (Å²) in [6.45, 7) is 2.03. The zero-order chi connectivity index (χ0) is 13.8. The van der Waals surface area contributed by atoms with E-state index in [9.17, 15) is 4.39 Å². The van der Waals surface area contributed by atoms with E-state index < -0.39 is 5.82 Å². The fourth-order valence-corrected chi connectivity index (χ4v) is 1.91. The van der Waals surface area contributed by atoms with Crippen molar-refractivity contribution in [3.63, 3.8) is 0 Å². The molecule has 0 unspecified atom stereocenters. The summed E-state index contributed by atoms with van der Waals surface area (Å²) in [5.74, 6) is 1.15. The third kappa shape index (κ3) is 3.79. The molecular formula is C13H14ClFN4. The Bertz CT molecular complexity index is 569. The number of anilines is 3. The first-order chi connectivity index (χ1) is 9.06. The maximum absolute atomic E-state index is 13.2. The first-order valence-electron chi connectivity index (χ1n) is 5.93. The largest absolute Gasteiger partial charge is 0.384 e. The van der Waals surface area contributed by atoms with E-state index >= 15 is 0 Å². The van der Waals surface area contributed by atoms with Gasteiger partial charge in [-0.2, -0.15) is 0 Å². The van der Waals surface area contributed by atoms with Crippen LogP contribution in [-0.4, -0.2) is 9.97 Å². The number of halogens is 2. The van der Waals surface area contributed by atoms with Crippen LogP contribution >= 0.6 is 11.6 Å². The van der Waals surface area contributed by atoms with Gasteiger partial charge in [0.2, 0.25) is 0 Å². The molecule has 1 heterocycles. The van der Waals surface area contributed by atoms with Crippen molar-refractivity contribution in [2.75, 3.05) is 11.1 Å². The first kappa shape index (κ1) is 13.5. The molecule has 0 atom stereocenters. The van der Waals surface area contributed by atoms with Gasteiger partial charge < -0.3 is 11.1 Å². The lowest BCUT2D eigenvalue weighted by molar-refractivity contribution is 0.628. The number of hydrogen-bond donors (Lipinski definition) is 2. The summed E-state index contributed by atoms with van der Waals surface area (Å²) in [7, 11) is 0. The van der Waals surface area contributed by atoms with E-state index in [-0.39, 0.29) is 0 Å². The highest BCUT2D eigenvalue weighted by molar-refractivity contribution is 6.30. The Balaban J connectivity index is 2.27. The van der Waals surface area contributed by atoms with Crippen molar-refractivity contribution in [1.29, 1.82) is 0 Å². The van der Waals surface area contributed by atoms with Gasteiger partial charge in [0.15, 0.2) is 0 Å². The summed E-state index contributed by atoms with van der Waals surface area (Å²) < 4.78 is 13.2. The lowest BCUT2D eigenvalue weighted by Gasteiger charge is -2.08. The molecule has 0 aliphatic heterocycles. The average molecular weight is 281 g/mol. The van der Waals surface area contributed by atoms with Gasteiger partial charge in [0.25, 0.3) is 0 Å². The van der Waals surface area contributed by atoms with Gasteiger partial charge in [0, 0.05) is 23.2 Å². The number of nitrogen functional groups attached to an aromatic ring is 1. The SMILES string of the molecule is CCCc1nc(N)cc(Nc2cc(F)cc(Cl)c2)n1. The third-order valence-electron chi connectivity index (χ3n) is 2.40. The summed E-state index contributed by atoms with van der Waals surface area (Å²) in [6.07, 6.45) is 1.66. The van der Waals surface area contributed by atoms with Crippen LogP contribution in [0, 0.1) is 5.82 Å². The minimum absolute atomic E-state index is 0.318. The molecule has 2 aromatic rings. The van der Waals surface area contributed by atoms with E-state index in [0.29, 0.717) is 28.2 Å². The molecule has 19 heavy (non-hydrogen) atoms. The number of aromatic nitrogens is 2. The van der Waals surface area contributed by atoms with E-state index in [1.54, 1.807) is 12.1 Å². The monoisotopic (exact) mass is 280 g/mol. The number of aryl methyl sites for hydroxylation is 1. The number of nitrogens with zero attached hydrogens (tertiary/aromatic N) is 2. The lowest BCUT2D eigenvalue weighted by Crippen LogP contribution is -2.03. The standard InChI is InChI=1S/C13H14ClFN4/c1-2-3-12-18-11(16)7-13(19-12)17-10-5-8(14)4-9(15)6-10/h4-7H,2-3H2,1H3,(H3,16,17,18,19). The molecule has 0 saturated heterocycles. The molecule has 0 amide bonds. The number of benzene rings is 1. The van der Waals surface area contributed by atoms with Crippen LogP contribution in [0.15, 0.2) is 24.3 Å². The average Bonchev–Trinajstić information content (AvgIpc) is 2.26. The number of nitrogens with one attached hydrogen (secondary N) is 1. The first-order valence-corrected chi connectivity index (χ1v) is 6.31. The lowest BCUT2D eigenvalue weighted by atomic mass is 10.3. The summed E-state index contributed by atoms with van der Waals surface area (Å²) in [4.78, 5) is 8.44. The minimum atomic E-state index is -0.411. The highest BCUT2D eigenvalue weighted by atomic mass is 35.5. The van der Waals surface area contributed by atoms with Gasteiger partial charge in [-0.25, -0.2) is 14.4 Å². The van der Waals surface area contributed by atoms with Crippen molar-refractivity contribution in [3.8, 4) is 0 Å². The molecule has 4 nitrogen and oxygen atoms in total. The molecule has 0 aliphatic rings.